The molecule has 4 rings (SSSR count). The van der Waals surface area contributed by atoms with E-state index in [1.165, 1.54) is 0 Å². The molecule has 29 heavy (non-hydrogen) atoms. The molecule has 0 saturated carbocycles. The number of guanidine groups is 1. The molecule has 4 heterocycles. The molecule has 2 N–H and O–H groups in total. The van der Waals surface area contributed by atoms with Crippen molar-refractivity contribution < 1.29 is 9.15 Å². The minimum absolute atomic E-state index is 0.0742. The molecule has 2 aromatic heterocycles. The van der Waals surface area contributed by atoms with Gasteiger partial charge in [0.15, 0.2) is 5.96 Å². The van der Waals surface area contributed by atoms with Crippen LogP contribution in [0.4, 0.5) is 5.95 Å². The van der Waals surface area contributed by atoms with Crippen molar-refractivity contribution in [3.8, 4) is 0 Å². The zero-order chi connectivity index (χ0) is 20.1. The zero-order valence-corrected chi connectivity index (χ0v) is 16.9. The molecule has 0 spiro atoms. The fraction of sp³-hybridized carbons (Fsp3) is 0.550. The second-order valence-electron chi connectivity index (χ2n) is 7.33. The van der Waals surface area contributed by atoms with Gasteiger partial charge in [0, 0.05) is 51.7 Å². The van der Waals surface area contributed by atoms with Crippen LogP contribution < -0.4 is 10.6 Å². The first-order valence-corrected chi connectivity index (χ1v) is 10.2. The SMILES string of the molecule is Cc1ccc(C(CN=C(N)N2CCN(c3ncccn3)CC2)N2CCOCC2)o1. The summed E-state index contributed by atoms with van der Waals surface area (Å²) in [4.78, 5) is 20.1. The first-order valence-electron chi connectivity index (χ1n) is 10.2. The van der Waals surface area contributed by atoms with Gasteiger partial charge in [-0.3, -0.25) is 9.89 Å². The second-order valence-corrected chi connectivity index (χ2v) is 7.33. The highest BCUT2D eigenvalue weighted by atomic mass is 16.5. The number of nitrogens with zero attached hydrogens (tertiary/aromatic N) is 6. The molecule has 2 aromatic rings. The summed E-state index contributed by atoms with van der Waals surface area (Å²) in [6.07, 6.45) is 3.54. The summed E-state index contributed by atoms with van der Waals surface area (Å²) < 4.78 is 11.4. The van der Waals surface area contributed by atoms with Crippen LogP contribution in [0.1, 0.15) is 17.6 Å². The minimum atomic E-state index is 0.0742. The van der Waals surface area contributed by atoms with E-state index >= 15 is 0 Å². The highest BCUT2D eigenvalue weighted by Gasteiger charge is 2.26. The Labute approximate surface area is 171 Å². The van der Waals surface area contributed by atoms with Crippen molar-refractivity contribution in [2.45, 2.75) is 13.0 Å². The van der Waals surface area contributed by atoms with Gasteiger partial charge in [0.2, 0.25) is 5.95 Å². The number of ether oxygens (including phenoxy) is 1. The standard InChI is InChI=1S/C20H29N7O2/c1-16-3-4-18(29-16)17(25-11-13-28-14-12-25)15-24-19(21)26-7-9-27(10-8-26)20-22-5-2-6-23-20/h2-6,17H,7-15H2,1H3,(H2,21,24). The summed E-state index contributed by atoms with van der Waals surface area (Å²) in [5.41, 5.74) is 6.35. The fourth-order valence-corrected chi connectivity index (χ4v) is 3.78. The molecule has 9 heteroatoms. The molecule has 156 valence electrons. The van der Waals surface area contributed by atoms with E-state index in [9.17, 15) is 0 Å². The summed E-state index contributed by atoms with van der Waals surface area (Å²) in [5.74, 6) is 3.20. The summed E-state index contributed by atoms with van der Waals surface area (Å²) in [6.45, 7) is 9.00. The highest BCUT2D eigenvalue weighted by molar-refractivity contribution is 5.78. The topological polar surface area (TPSA) is 96.2 Å². The van der Waals surface area contributed by atoms with Gasteiger partial charge < -0.3 is 24.7 Å². The van der Waals surface area contributed by atoms with E-state index in [4.69, 9.17) is 19.9 Å². The number of furan rings is 1. The van der Waals surface area contributed by atoms with Crippen molar-refractivity contribution in [1.82, 2.24) is 19.8 Å². The van der Waals surface area contributed by atoms with Gasteiger partial charge in [-0.05, 0) is 25.1 Å². The summed E-state index contributed by atoms with van der Waals surface area (Å²) in [6, 6.07) is 5.95. The van der Waals surface area contributed by atoms with Crippen molar-refractivity contribution in [3.63, 3.8) is 0 Å². The molecule has 0 radical (unpaired) electrons. The van der Waals surface area contributed by atoms with Crippen LogP contribution in [0.25, 0.3) is 0 Å². The van der Waals surface area contributed by atoms with Gasteiger partial charge in [-0.15, -0.1) is 0 Å². The second kappa shape index (κ2) is 9.23. The van der Waals surface area contributed by atoms with Crippen LogP contribution >= 0.6 is 0 Å². The third-order valence-corrected chi connectivity index (χ3v) is 5.44. The lowest BCUT2D eigenvalue weighted by Gasteiger charge is -2.36. The Kier molecular flexibility index (Phi) is 6.26. The molecule has 2 fully saturated rings. The maximum absolute atomic E-state index is 6.35. The van der Waals surface area contributed by atoms with E-state index in [0.717, 1.165) is 70.0 Å². The minimum Gasteiger partial charge on any atom is -0.465 e. The third-order valence-electron chi connectivity index (χ3n) is 5.44. The molecule has 0 amide bonds. The first-order chi connectivity index (χ1) is 14.2. The number of hydrogen-bond donors (Lipinski definition) is 1. The van der Waals surface area contributed by atoms with E-state index in [2.05, 4.69) is 24.7 Å². The maximum atomic E-state index is 6.35. The molecular formula is C20H29N7O2. The molecule has 0 aliphatic carbocycles. The molecule has 0 bridgehead atoms. The summed E-state index contributed by atoms with van der Waals surface area (Å²) in [5, 5.41) is 0. The number of piperazine rings is 1. The molecule has 2 aliphatic rings. The number of morpholine rings is 1. The number of aliphatic imine (C=N–C) groups is 1. The van der Waals surface area contributed by atoms with Crippen molar-refractivity contribution in [3.05, 3.63) is 42.1 Å². The summed E-state index contributed by atoms with van der Waals surface area (Å²) >= 11 is 0. The van der Waals surface area contributed by atoms with Crippen LogP contribution in [0.15, 0.2) is 40.0 Å². The van der Waals surface area contributed by atoms with E-state index in [0.29, 0.717) is 12.5 Å². The van der Waals surface area contributed by atoms with Crippen molar-refractivity contribution in [2.24, 2.45) is 10.7 Å². The number of aryl methyl sites for hydroxylation is 1. The van der Waals surface area contributed by atoms with Gasteiger partial charge in [-0.1, -0.05) is 0 Å². The Hall–Kier alpha value is -2.65. The number of nitrogens with two attached hydrogens (primary N) is 1. The van der Waals surface area contributed by atoms with Crippen molar-refractivity contribution in [1.29, 1.82) is 0 Å². The normalized spacial score (nSPS) is 20.1. The van der Waals surface area contributed by atoms with Crippen LogP contribution in [-0.4, -0.2) is 84.8 Å². The Morgan fingerprint density at radius 2 is 1.83 bits per heavy atom. The van der Waals surface area contributed by atoms with E-state index in [1.54, 1.807) is 12.4 Å². The first kappa shape index (κ1) is 19.7. The van der Waals surface area contributed by atoms with Gasteiger partial charge in [-0.25, -0.2) is 9.97 Å². The molecule has 0 aromatic carbocycles. The lowest BCUT2D eigenvalue weighted by Crippen LogP contribution is -2.51. The molecule has 1 unspecified atom stereocenters. The summed E-state index contributed by atoms with van der Waals surface area (Å²) in [7, 11) is 0. The van der Waals surface area contributed by atoms with Gasteiger partial charge in [0.05, 0.1) is 25.8 Å². The van der Waals surface area contributed by atoms with Gasteiger partial charge >= 0.3 is 0 Å². The van der Waals surface area contributed by atoms with Crippen LogP contribution in [-0.2, 0) is 4.74 Å². The highest BCUT2D eigenvalue weighted by Crippen LogP contribution is 2.24. The molecule has 1 atom stereocenters. The molecular weight excluding hydrogens is 370 g/mol. The monoisotopic (exact) mass is 399 g/mol. The Balaban J connectivity index is 1.38. The van der Waals surface area contributed by atoms with E-state index in [1.807, 2.05) is 25.1 Å². The smallest absolute Gasteiger partial charge is 0.225 e. The predicted molar refractivity (Wildman–Crippen MR) is 111 cm³/mol. The van der Waals surface area contributed by atoms with Crippen LogP contribution in [0, 0.1) is 6.92 Å². The molecule has 2 aliphatic heterocycles. The van der Waals surface area contributed by atoms with Crippen molar-refractivity contribution in [2.75, 3.05) is 63.9 Å². The third kappa shape index (κ3) is 4.86. The average molecular weight is 399 g/mol. The van der Waals surface area contributed by atoms with Gasteiger partial charge in [0.1, 0.15) is 11.5 Å². The predicted octanol–water partition coefficient (Wildman–Crippen LogP) is 0.888. The Bertz CT molecular complexity index is 796. The van der Waals surface area contributed by atoms with Gasteiger partial charge in [-0.2, -0.15) is 0 Å². The van der Waals surface area contributed by atoms with Crippen LogP contribution in [0.5, 0.6) is 0 Å². The molecule has 9 nitrogen and oxygen atoms in total. The lowest BCUT2D eigenvalue weighted by atomic mass is 10.1. The van der Waals surface area contributed by atoms with E-state index < -0.39 is 0 Å². The fourth-order valence-electron chi connectivity index (χ4n) is 3.78. The zero-order valence-electron chi connectivity index (χ0n) is 16.9. The Morgan fingerprint density at radius 1 is 1.10 bits per heavy atom. The number of anilines is 1. The number of hydrogen-bond acceptors (Lipinski definition) is 7. The number of aromatic nitrogens is 2. The van der Waals surface area contributed by atoms with Crippen molar-refractivity contribution >= 4 is 11.9 Å². The largest absolute Gasteiger partial charge is 0.465 e. The Morgan fingerprint density at radius 3 is 2.48 bits per heavy atom. The van der Waals surface area contributed by atoms with Crippen LogP contribution in [0.3, 0.4) is 0 Å². The average Bonchev–Trinajstić information content (AvgIpc) is 3.21. The quantitative estimate of drug-likeness (QED) is 0.585. The maximum Gasteiger partial charge on any atom is 0.225 e. The molecule has 2 saturated heterocycles. The van der Waals surface area contributed by atoms with Gasteiger partial charge in [0.25, 0.3) is 0 Å². The van der Waals surface area contributed by atoms with E-state index in [-0.39, 0.29) is 6.04 Å². The number of rotatable bonds is 5. The lowest BCUT2D eigenvalue weighted by molar-refractivity contribution is 0.0135. The van der Waals surface area contributed by atoms with Crippen LogP contribution in [0.2, 0.25) is 0 Å².